The van der Waals surface area contributed by atoms with Gasteiger partial charge in [-0.05, 0) is 185 Å². The van der Waals surface area contributed by atoms with Crippen molar-refractivity contribution in [2.75, 3.05) is 14.6 Å². The molecule has 2 aromatic heterocycles. The van der Waals surface area contributed by atoms with Crippen molar-refractivity contribution in [3.8, 4) is 33.4 Å². The summed E-state index contributed by atoms with van der Waals surface area (Å²) in [5.41, 5.74) is 28.7. The first-order valence-corrected chi connectivity index (χ1v) is 31.2. The summed E-state index contributed by atoms with van der Waals surface area (Å²) >= 11 is 0. The molecule has 15 rings (SSSR count). The van der Waals surface area contributed by atoms with E-state index in [-0.39, 0.29) is 33.9 Å². The number of nitrogens with zero attached hydrogens (tertiary/aromatic N) is 3. The normalized spacial score (nSPS) is 14.3. The van der Waals surface area contributed by atoms with Gasteiger partial charge in [0.05, 0.1) is 12.0 Å². The van der Waals surface area contributed by atoms with E-state index in [0.29, 0.717) is 0 Å². The molecule has 4 heterocycles. The second kappa shape index (κ2) is 19.0. The van der Waals surface area contributed by atoms with Crippen LogP contribution >= 0.6 is 0 Å². The van der Waals surface area contributed by atoms with Gasteiger partial charge >= 0.3 is 6.85 Å². The molecule has 10 aromatic carbocycles. The molecule has 1 aliphatic carbocycles. The van der Waals surface area contributed by atoms with E-state index in [0.717, 1.165) is 72.7 Å². The molecule has 0 fully saturated rings. The van der Waals surface area contributed by atoms with Crippen molar-refractivity contribution < 1.29 is 8.83 Å². The maximum atomic E-state index is 7.21. The number of benzene rings is 10. The molecule has 0 spiro atoms. The van der Waals surface area contributed by atoms with Gasteiger partial charge in [0.15, 0.2) is 0 Å². The number of hydrogen-bond acceptors (Lipinski definition) is 5. The first kappa shape index (κ1) is 54.6. The number of hydrogen-bond donors (Lipinski definition) is 0. The number of fused-ring (bicyclic) bond motifs is 12. The third kappa shape index (κ3) is 8.63. The molecule has 0 saturated carbocycles. The molecule has 87 heavy (non-hydrogen) atoms. The van der Waals surface area contributed by atoms with Crippen molar-refractivity contribution in [1.82, 2.24) is 0 Å². The predicted molar refractivity (Wildman–Crippen MR) is 370 cm³/mol. The summed E-state index contributed by atoms with van der Waals surface area (Å²) in [6, 6.07) is 76.0. The lowest BCUT2D eigenvalue weighted by Gasteiger charge is -2.47. The molecule has 2 aliphatic heterocycles. The highest BCUT2D eigenvalue weighted by molar-refractivity contribution is 6.94. The third-order valence-corrected chi connectivity index (χ3v) is 19.3. The minimum atomic E-state index is -0.361. The van der Waals surface area contributed by atoms with Gasteiger partial charge in [0.2, 0.25) is 0 Å². The van der Waals surface area contributed by atoms with Crippen LogP contribution in [0.1, 0.15) is 130 Å². The maximum Gasteiger partial charge on any atom is 0.333 e. The molecule has 0 amide bonds. The summed E-state index contributed by atoms with van der Waals surface area (Å²) in [5.74, 6) is 0. The smallest absolute Gasteiger partial charge is 0.333 e. The van der Waals surface area contributed by atoms with Crippen LogP contribution in [-0.4, -0.2) is 6.85 Å². The Morgan fingerprint density at radius 3 is 1.66 bits per heavy atom. The molecule has 0 radical (unpaired) electrons. The Bertz CT molecular complexity index is 4690. The molecule has 6 heteroatoms. The lowest BCUT2D eigenvalue weighted by Crippen LogP contribution is -2.62. The molecule has 0 saturated heterocycles. The molecule has 0 bridgehead atoms. The number of anilines is 8. The summed E-state index contributed by atoms with van der Waals surface area (Å²) in [6.07, 6.45) is 1.84. The van der Waals surface area contributed by atoms with Gasteiger partial charge in [0, 0.05) is 78.6 Å². The van der Waals surface area contributed by atoms with E-state index < -0.39 is 0 Å². The van der Waals surface area contributed by atoms with Crippen LogP contribution in [0.2, 0.25) is 0 Å². The van der Waals surface area contributed by atoms with Gasteiger partial charge in [-0.1, -0.05) is 194 Å². The lowest BCUT2D eigenvalue weighted by atomic mass is 9.42. The van der Waals surface area contributed by atoms with Gasteiger partial charge in [-0.25, -0.2) is 0 Å². The van der Waals surface area contributed by atoms with E-state index in [1.54, 1.807) is 0 Å². The minimum Gasteiger partial charge on any atom is -0.464 e. The standard InChI is InChI=1S/C81H76BN3O2/c1-77(2,3)51-24-31-55(32-25-51)83(56-33-26-52(27-34-56)78(4,5)6)58-37-39-71-61(44-58)62-45-64-68(48-73(62)87-71)85(57-35-28-53(29-36-57)79(7,8)9)82-66-47-72-50(40-41-86-72)42-69(66)84(67-38-30-54(80(10,11)12)43-60(67)49-20-16-15-17-21-49)70-46-63-59-22-18-19-23-65(59)81(13,14)75(63)74(64)76(70)82/h15-48H,1-14H3. The molecule has 3 aliphatic rings. The van der Waals surface area contributed by atoms with Crippen molar-refractivity contribution in [3.63, 3.8) is 0 Å². The average Bonchev–Trinajstić information content (AvgIpc) is 1.66. The molecule has 12 aromatic rings. The van der Waals surface area contributed by atoms with E-state index in [1.165, 1.54) is 83.4 Å². The summed E-state index contributed by atoms with van der Waals surface area (Å²) < 4.78 is 13.7. The van der Waals surface area contributed by atoms with Gasteiger partial charge in [0.1, 0.15) is 16.7 Å². The quantitative estimate of drug-likeness (QED) is 0.155. The van der Waals surface area contributed by atoms with Gasteiger partial charge in [0.25, 0.3) is 0 Å². The zero-order valence-corrected chi connectivity index (χ0v) is 52.9. The van der Waals surface area contributed by atoms with E-state index in [2.05, 4.69) is 312 Å². The molecule has 0 N–H and O–H groups in total. The van der Waals surface area contributed by atoms with E-state index >= 15 is 0 Å². The van der Waals surface area contributed by atoms with Gasteiger partial charge in [-0.3, -0.25) is 0 Å². The van der Waals surface area contributed by atoms with Crippen LogP contribution in [0.15, 0.2) is 215 Å². The second-order valence-corrected chi connectivity index (χ2v) is 29.5. The lowest BCUT2D eigenvalue weighted by molar-refractivity contribution is 0.590. The maximum absolute atomic E-state index is 7.21. The van der Waals surface area contributed by atoms with Crippen molar-refractivity contribution in [2.24, 2.45) is 0 Å². The zero-order chi connectivity index (χ0) is 60.4. The van der Waals surface area contributed by atoms with Crippen molar-refractivity contribution in [1.29, 1.82) is 0 Å². The molecule has 0 unspecified atom stereocenters. The van der Waals surface area contributed by atoms with Crippen LogP contribution in [0.3, 0.4) is 0 Å². The predicted octanol–water partition coefficient (Wildman–Crippen LogP) is 21.7. The van der Waals surface area contributed by atoms with E-state index in [9.17, 15) is 0 Å². The van der Waals surface area contributed by atoms with Crippen molar-refractivity contribution in [3.05, 3.63) is 240 Å². The Hall–Kier alpha value is -9.00. The number of rotatable bonds is 6. The number of furan rings is 2. The van der Waals surface area contributed by atoms with Crippen LogP contribution in [0, 0.1) is 0 Å². The Morgan fingerprint density at radius 1 is 0.425 bits per heavy atom. The van der Waals surface area contributed by atoms with Crippen LogP contribution < -0.4 is 25.5 Å². The Labute approximate surface area is 514 Å². The fraction of sp³-hybridized carbons (Fsp3) is 0.235. The molecular weight excluding hydrogens is 1060 g/mol. The molecular formula is C81H76BN3O2. The first-order chi connectivity index (χ1) is 41.4. The average molecular weight is 1130 g/mol. The third-order valence-electron chi connectivity index (χ3n) is 19.3. The Balaban J connectivity index is 1.05. The summed E-state index contributed by atoms with van der Waals surface area (Å²) in [6.45, 7) is 32.1. The Kier molecular flexibility index (Phi) is 11.9. The molecule has 5 nitrogen and oxygen atoms in total. The SMILES string of the molecule is CC(C)(C)c1ccc(N2B3c4cc5occc5cc4N(c4ccc(C(C)(C)C)cc4-c4ccccc4)c4cc5c(c(c43)-c3cc4c(cc32)oc2ccc(N(c3ccc(C(C)(C)C)cc3)c3ccc(C(C)(C)C)cc3)cc24)C(C)(C)c2ccccc2-5)cc1. The summed E-state index contributed by atoms with van der Waals surface area (Å²) in [4.78, 5) is 7.65. The Morgan fingerprint density at radius 2 is 1.01 bits per heavy atom. The monoisotopic (exact) mass is 1130 g/mol. The van der Waals surface area contributed by atoms with Gasteiger partial charge < -0.3 is 23.4 Å². The summed E-state index contributed by atoms with van der Waals surface area (Å²) in [7, 11) is 0. The van der Waals surface area contributed by atoms with Crippen LogP contribution in [0.4, 0.5) is 45.5 Å². The van der Waals surface area contributed by atoms with Crippen molar-refractivity contribution in [2.45, 2.75) is 124 Å². The highest BCUT2D eigenvalue weighted by Crippen LogP contribution is 2.59. The van der Waals surface area contributed by atoms with Crippen LogP contribution in [0.25, 0.3) is 66.3 Å². The van der Waals surface area contributed by atoms with Gasteiger partial charge in [-0.2, -0.15) is 0 Å². The van der Waals surface area contributed by atoms with Crippen molar-refractivity contribution >= 4 is 96.2 Å². The fourth-order valence-corrected chi connectivity index (χ4v) is 14.5. The van der Waals surface area contributed by atoms with Gasteiger partial charge in [-0.15, -0.1) is 0 Å². The fourth-order valence-electron chi connectivity index (χ4n) is 14.5. The highest BCUT2D eigenvalue weighted by atomic mass is 16.3. The minimum absolute atomic E-state index is 0.0173. The van der Waals surface area contributed by atoms with E-state index in [1.807, 2.05) is 6.26 Å². The topological polar surface area (TPSA) is 36.0 Å². The zero-order valence-electron chi connectivity index (χ0n) is 52.9. The van der Waals surface area contributed by atoms with Crippen LogP contribution in [0.5, 0.6) is 0 Å². The second-order valence-electron chi connectivity index (χ2n) is 29.5. The van der Waals surface area contributed by atoms with Crippen LogP contribution in [-0.2, 0) is 27.1 Å². The first-order valence-electron chi connectivity index (χ1n) is 31.2. The van der Waals surface area contributed by atoms with E-state index in [4.69, 9.17) is 8.83 Å². The highest BCUT2D eigenvalue weighted by Gasteiger charge is 2.51. The molecule has 430 valence electrons. The summed E-state index contributed by atoms with van der Waals surface area (Å²) in [5, 5.41) is 3.21. The molecule has 0 atom stereocenters. The largest absolute Gasteiger partial charge is 0.464 e.